The molecule has 2 rings (SSSR count). The van der Waals surface area contributed by atoms with Gasteiger partial charge in [0, 0.05) is 25.0 Å². The van der Waals surface area contributed by atoms with Gasteiger partial charge in [0.15, 0.2) is 0 Å². The topological polar surface area (TPSA) is 62.2 Å². The van der Waals surface area contributed by atoms with Crippen LogP contribution in [-0.4, -0.2) is 22.5 Å². The van der Waals surface area contributed by atoms with E-state index in [2.05, 4.69) is 10.3 Å². The molecule has 2 aromatic heterocycles. The quantitative estimate of drug-likeness (QED) is 0.820. The Balaban J connectivity index is 1.80. The van der Waals surface area contributed by atoms with Gasteiger partial charge in [0.05, 0.1) is 6.10 Å². The van der Waals surface area contributed by atoms with Gasteiger partial charge in [-0.2, -0.15) is 11.3 Å². The zero-order valence-corrected chi connectivity index (χ0v) is 11.0. The minimum absolute atomic E-state index is 0.201. The van der Waals surface area contributed by atoms with E-state index in [-0.39, 0.29) is 12.5 Å². The number of thiophene rings is 1. The standard InChI is InChI=1S/C14H14N2O2S/c17-13(12-5-7-19-10-12)9-16-14(18)4-3-11-2-1-6-15-8-11/h1-8,10,13,17H,9H2,(H,16,18)/b4-3+. The van der Waals surface area contributed by atoms with Crippen LogP contribution in [-0.2, 0) is 4.79 Å². The molecule has 5 heteroatoms. The van der Waals surface area contributed by atoms with Gasteiger partial charge in [-0.15, -0.1) is 0 Å². The molecule has 0 aliphatic heterocycles. The summed E-state index contributed by atoms with van der Waals surface area (Å²) < 4.78 is 0. The SMILES string of the molecule is O=C(/C=C/c1cccnc1)NCC(O)c1ccsc1. The minimum Gasteiger partial charge on any atom is -0.387 e. The van der Waals surface area contributed by atoms with Crippen LogP contribution in [0.5, 0.6) is 0 Å². The molecule has 2 aromatic rings. The maximum absolute atomic E-state index is 11.6. The Hall–Kier alpha value is -1.98. The van der Waals surface area contributed by atoms with E-state index >= 15 is 0 Å². The summed E-state index contributed by atoms with van der Waals surface area (Å²) in [6, 6.07) is 5.50. The van der Waals surface area contributed by atoms with Crippen molar-refractivity contribution in [3.05, 3.63) is 58.6 Å². The van der Waals surface area contributed by atoms with Crippen molar-refractivity contribution in [3.8, 4) is 0 Å². The van der Waals surface area contributed by atoms with E-state index in [1.807, 2.05) is 22.9 Å². The zero-order chi connectivity index (χ0) is 13.5. The van der Waals surface area contributed by atoms with Crippen LogP contribution in [0.15, 0.2) is 47.4 Å². The van der Waals surface area contributed by atoms with Crippen LogP contribution < -0.4 is 5.32 Å². The summed E-state index contributed by atoms with van der Waals surface area (Å²) in [5.41, 5.74) is 1.68. The molecule has 98 valence electrons. The number of nitrogens with one attached hydrogen (secondary N) is 1. The fourth-order valence-corrected chi connectivity index (χ4v) is 2.19. The lowest BCUT2D eigenvalue weighted by atomic mass is 10.2. The van der Waals surface area contributed by atoms with Gasteiger partial charge in [-0.3, -0.25) is 9.78 Å². The van der Waals surface area contributed by atoms with Crippen molar-refractivity contribution in [2.75, 3.05) is 6.54 Å². The number of aliphatic hydroxyl groups is 1. The number of carbonyl (C=O) groups is 1. The molecule has 0 fully saturated rings. The summed E-state index contributed by atoms with van der Waals surface area (Å²) in [6.07, 6.45) is 5.79. The molecular weight excluding hydrogens is 260 g/mol. The number of hydrogen-bond acceptors (Lipinski definition) is 4. The Morgan fingerprint density at radius 1 is 1.53 bits per heavy atom. The first kappa shape index (κ1) is 13.5. The predicted molar refractivity (Wildman–Crippen MR) is 75.6 cm³/mol. The van der Waals surface area contributed by atoms with Crippen LogP contribution in [0.3, 0.4) is 0 Å². The number of nitrogens with zero attached hydrogens (tertiary/aromatic N) is 1. The maximum Gasteiger partial charge on any atom is 0.244 e. The second kappa shape index (κ2) is 6.82. The van der Waals surface area contributed by atoms with E-state index in [1.54, 1.807) is 24.5 Å². The van der Waals surface area contributed by atoms with Crippen LogP contribution >= 0.6 is 11.3 Å². The fourth-order valence-electron chi connectivity index (χ4n) is 1.49. The molecule has 0 spiro atoms. The number of carbonyl (C=O) groups excluding carboxylic acids is 1. The molecule has 1 atom stereocenters. The van der Waals surface area contributed by atoms with Gasteiger partial charge in [0.2, 0.25) is 5.91 Å². The van der Waals surface area contributed by atoms with Crippen molar-refractivity contribution in [3.63, 3.8) is 0 Å². The van der Waals surface area contributed by atoms with Gasteiger partial charge in [-0.05, 0) is 40.1 Å². The Labute approximate surface area is 115 Å². The molecule has 0 saturated carbocycles. The van der Waals surface area contributed by atoms with Crippen molar-refractivity contribution in [2.24, 2.45) is 0 Å². The number of hydrogen-bond donors (Lipinski definition) is 2. The number of pyridine rings is 1. The molecule has 0 bridgehead atoms. The monoisotopic (exact) mass is 274 g/mol. The molecule has 1 amide bonds. The molecule has 2 N–H and O–H groups in total. The Bertz CT molecular complexity index is 538. The van der Waals surface area contributed by atoms with Crippen LogP contribution in [0, 0.1) is 0 Å². The number of rotatable bonds is 5. The number of aliphatic hydroxyl groups excluding tert-OH is 1. The van der Waals surface area contributed by atoms with Gasteiger partial charge in [0.1, 0.15) is 0 Å². The highest BCUT2D eigenvalue weighted by Crippen LogP contribution is 2.14. The van der Waals surface area contributed by atoms with Crippen molar-refractivity contribution < 1.29 is 9.90 Å². The highest BCUT2D eigenvalue weighted by Gasteiger charge is 2.08. The first-order valence-electron chi connectivity index (χ1n) is 5.82. The highest BCUT2D eigenvalue weighted by atomic mass is 32.1. The first-order chi connectivity index (χ1) is 9.25. The van der Waals surface area contributed by atoms with Gasteiger partial charge < -0.3 is 10.4 Å². The smallest absolute Gasteiger partial charge is 0.244 e. The summed E-state index contributed by atoms with van der Waals surface area (Å²) in [5, 5.41) is 16.2. The van der Waals surface area contributed by atoms with Gasteiger partial charge in [-0.1, -0.05) is 6.07 Å². The second-order valence-electron chi connectivity index (χ2n) is 3.94. The summed E-state index contributed by atoms with van der Waals surface area (Å²) in [6.45, 7) is 0.201. The third-order valence-corrected chi connectivity index (χ3v) is 3.21. The molecule has 0 aromatic carbocycles. The third kappa shape index (κ3) is 4.31. The normalized spacial score (nSPS) is 12.5. The predicted octanol–water partition coefficient (Wildman–Crippen LogP) is 2.01. The largest absolute Gasteiger partial charge is 0.387 e. The lowest BCUT2D eigenvalue weighted by Crippen LogP contribution is -2.26. The second-order valence-corrected chi connectivity index (χ2v) is 4.72. The van der Waals surface area contributed by atoms with Crippen molar-refractivity contribution in [1.29, 1.82) is 0 Å². The molecule has 2 heterocycles. The van der Waals surface area contributed by atoms with E-state index in [0.29, 0.717) is 0 Å². The van der Waals surface area contributed by atoms with Crippen LogP contribution in [0.1, 0.15) is 17.2 Å². The Morgan fingerprint density at radius 2 is 2.42 bits per heavy atom. The molecule has 0 aliphatic carbocycles. The van der Waals surface area contributed by atoms with Crippen LogP contribution in [0.4, 0.5) is 0 Å². The molecule has 1 unspecified atom stereocenters. The average Bonchev–Trinajstić information content (AvgIpc) is 2.98. The lowest BCUT2D eigenvalue weighted by molar-refractivity contribution is -0.116. The zero-order valence-electron chi connectivity index (χ0n) is 10.2. The lowest BCUT2D eigenvalue weighted by Gasteiger charge is -2.08. The average molecular weight is 274 g/mol. The van der Waals surface area contributed by atoms with Crippen molar-refractivity contribution in [1.82, 2.24) is 10.3 Å². The van der Waals surface area contributed by atoms with Crippen molar-refractivity contribution in [2.45, 2.75) is 6.10 Å². The van der Waals surface area contributed by atoms with Crippen LogP contribution in [0.25, 0.3) is 6.08 Å². The number of aromatic nitrogens is 1. The summed E-state index contributed by atoms with van der Waals surface area (Å²) in [5.74, 6) is -0.238. The summed E-state index contributed by atoms with van der Waals surface area (Å²) in [4.78, 5) is 15.5. The molecular formula is C14H14N2O2S. The molecule has 0 aliphatic rings. The third-order valence-electron chi connectivity index (χ3n) is 2.51. The maximum atomic E-state index is 11.6. The summed E-state index contributed by atoms with van der Waals surface area (Å²) >= 11 is 1.52. The van der Waals surface area contributed by atoms with E-state index in [1.165, 1.54) is 17.4 Å². The Morgan fingerprint density at radius 3 is 3.11 bits per heavy atom. The van der Waals surface area contributed by atoms with E-state index in [9.17, 15) is 9.90 Å². The minimum atomic E-state index is -0.665. The van der Waals surface area contributed by atoms with E-state index in [4.69, 9.17) is 0 Å². The molecule has 4 nitrogen and oxygen atoms in total. The van der Waals surface area contributed by atoms with E-state index in [0.717, 1.165) is 11.1 Å². The van der Waals surface area contributed by atoms with Gasteiger partial charge >= 0.3 is 0 Å². The molecule has 19 heavy (non-hydrogen) atoms. The number of amides is 1. The fraction of sp³-hybridized carbons (Fsp3) is 0.143. The first-order valence-corrected chi connectivity index (χ1v) is 6.76. The Kier molecular flexibility index (Phi) is 4.83. The van der Waals surface area contributed by atoms with Gasteiger partial charge in [-0.25, -0.2) is 0 Å². The van der Waals surface area contributed by atoms with E-state index < -0.39 is 6.10 Å². The highest BCUT2D eigenvalue weighted by molar-refractivity contribution is 7.07. The molecule has 0 radical (unpaired) electrons. The van der Waals surface area contributed by atoms with Gasteiger partial charge in [0.25, 0.3) is 0 Å². The van der Waals surface area contributed by atoms with Crippen molar-refractivity contribution >= 4 is 23.3 Å². The summed E-state index contributed by atoms with van der Waals surface area (Å²) in [7, 11) is 0. The molecule has 0 saturated heterocycles. The van der Waals surface area contributed by atoms with Crippen LogP contribution in [0.2, 0.25) is 0 Å².